The molecule has 0 amide bonds. The molecule has 0 fully saturated rings. The summed E-state index contributed by atoms with van der Waals surface area (Å²) in [6.45, 7) is 0. The van der Waals surface area contributed by atoms with Crippen LogP contribution in [0.3, 0.4) is 0 Å². The Hall–Kier alpha value is -1.70. The summed E-state index contributed by atoms with van der Waals surface area (Å²) in [7, 11) is 3.19. The Bertz CT molecular complexity index is 580. The second-order valence-electron chi connectivity index (χ2n) is 3.93. The summed E-state index contributed by atoms with van der Waals surface area (Å²) in [5.41, 5.74) is 4.27. The van der Waals surface area contributed by atoms with Gasteiger partial charge >= 0.3 is 0 Å². The van der Waals surface area contributed by atoms with Gasteiger partial charge in [0.15, 0.2) is 0 Å². The maximum absolute atomic E-state index is 5.66. The molecule has 0 aliphatic rings. The van der Waals surface area contributed by atoms with Crippen molar-refractivity contribution in [1.82, 2.24) is 15.4 Å². The Labute approximate surface area is 125 Å². The fraction of sp³-hybridized carbons (Fsp3) is 0.231. The lowest BCUT2D eigenvalue weighted by Crippen LogP contribution is -2.30. The van der Waals surface area contributed by atoms with E-state index in [9.17, 15) is 0 Å². The van der Waals surface area contributed by atoms with Crippen LogP contribution in [-0.2, 0) is 0 Å². The van der Waals surface area contributed by atoms with Crippen LogP contribution in [-0.4, -0.2) is 24.2 Å². The molecule has 2 rings (SSSR count). The van der Waals surface area contributed by atoms with Gasteiger partial charge in [-0.3, -0.25) is 15.8 Å². The zero-order valence-corrected chi connectivity index (χ0v) is 12.7. The van der Waals surface area contributed by atoms with Crippen LogP contribution >= 0.6 is 15.9 Å². The molecule has 2 aromatic rings. The lowest BCUT2D eigenvalue weighted by Gasteiger charge is -2.20. The van der Waals surface area contributed by atoms with Crippen molar-refractivity contribution < 1.29 is 9.47 Å². The summed E-state index contributed by atoms with van der Waals surface area (Å²) >= 11 is 3.47. The molecule has 0 spiro atoms. The molecule has 1 aromatic heterocycles. The molecule has 7 heteroatoms. The van der Waals surface area contributed by atoms with Crippen molar-refractivity contribution in [2.45, 2.75) is 6.04 Å². The zero-order valence-electron chi connectivity index (χ0n) is 11.1. The molecule has 0 aliphatic heterocycles. The van der Waals surface area contributed by atoms with Crippen LogP contribution < -0.4 is 20.7 Å². The molecule has 1 heterocycles. The van der Waals surface area contributed by atoms with Crippen LogP contribution in [0.4, 0.5) is 0 Å². The summed E-state index contributed by atoms with van der Waals surface area (Å²) in [6.07, 6.45) is 4.88. The monoisotopic (exact) mass is 338 g/mol. The number of nitrogens with two attached hydrogens (primary N) is 1. The van der Waals surface area contributed by atoms with Crippen molar-refractivity contribution in [2.24, 2.45) is 5.84 Å². The molecule has 106 valence electrons. The van der Waals surface area contributed by atoms with E-state index in [-0.39, 0.29) is 6.04 Å². The molecule has 0 radical (unpaired) electrons. The quantitative estimate of drug-likeness (QED) is 0.639. The van der Waals surface area contributed by atoms with Gasteiger partial charge in [-0.15, -0.1) is 0 Å². The van der Waals surface area contributed by atoms with Crippen molar-refractivity contribution >= 4 is 15.9 Å². The first kappa shape index (κ1) is 14.7. The SMILES string of the molecule is COc1ccc(C(NN)c2cnccn2)c(OC)c1Br. The Kier molecular flexibility index (Phi) is 4.89. The molecule has 6 nitrogen and oxygen atoms in total. The minimum atomic E-state index is -0.333. The maximum atomic E-state index is 5.66. The highest BCUT2D eigenvalue weighted by molar-refractivity contribution is 9.10. The predicted octanol–water partition coefficient (Wildman–Crippen LogP) is 1.81. The third-order valence-corrected chi connectivity index (χ3v) is 3.62. The van der Waals surface area contributed by atoms with E-state index in [1.807, 2.05) is 12.1 Å². The van der Waals surface area contributed by atoms with Crippen molar-refractivity contribution in [1.29, 1.82) is 0 Å². The van der Waals surface area contributed by atoms with E-state index in [0.717, 1.165) is 10.0 Å². The fourth-order valence-electron chi connectivity index (χ4n) is 1.94. The lowest BCUT2D eigenvalue weighted by molar-refractivity contribution is 0.382. The Morgan fingerprint density at radius 3 is 2.60 bits per heavy atom. The van der Waals surface area contributed by atoms with Crippen molar-refractivity contribution in [3.63, 3.8) is 0 Å². The number of ether oxygens (including phenoxy) is 2. The Morgan fingerprint density at radius 1 is 1.25 bits per heavy atom. The number of nitrogens with zero attached hydrogens (tertiary/aromatic N) is 2. The molecule has 0 aliphatic carbocycles. The van der Waals surface area contributed by atoms with E-state index in [4.69, 9.17) is 15.3 Å². The average molecular weight is 339 g/mol. The Morgan fingerprint density at radius 2 is 2.05 bits per heavy atom. The molecule has 20 heavy (non-hydrogen) atoms. The number of methoxy groups -OCH3 is 2. The van der Waals surface area contributed by atoms with Crippen LogP contribution in [0, 0.1) is 0 Å². The normalized spacial score (nSPS) is 12.0. The molecular formula is C13H15BrN4O2. The smallest absolute Gasteiger partial charge is 0.142 e. The molecular weight excluding hydrogens is 324 g/mol. The first-order valence-corrected chi connectivity index (χ1v) is 6.64. The second kappa shape index (κ2) is 6.65. The molecule has 1 aromatic carbocycles. The third-order valence-electron chi connectivity index (χ3n) is 2.87. The van der Waals surface area contributed by atoms with Crippen LogP contribution in [0.25, 0.3) is 0 Å². The number of aromatic nitrogens is 2. The first-order chi connectivity index (χ1) is 9.72. The van der Waals surface area contributed by atoms with Crippen molar-refractivity contribution in [2.75, 3.05) is 14.2 Å². The van der Waals surface area contributed by atoms with E-state index >= 15 is 0 Å². The minimum absolute atomic E-state index is 0.333. The lowest BCUT2D eigenvalue weighted by atomic mass is 10.0. The molecule has 1 atom stereocenters. The number of hydrogen-bond donors (Lipinski definition) is 2. The van der Waals surface area contributed by atoms with Crippen LogP contribution in [0.2, 0.25) is 0 Å². The van der Waals surface area contributed by atoms with Crippen LogP contribution in [0.5, 0.6) is 11.5 Å². The highest BCUT2D eigenvalue weighted by Crippen LogP contribution is 2.40. The van der Waals surface area contributed by atoms with Gasteiger partial charge in [0.1, 0.15) is 16.0 Å². The van der Waals surface area contributed by atoms with E-state index in [0.29, 0.717) is 17.2 Å². The van der Waals surface area contributed by atoms with Gasteiger partial charge in [-0.25, -0.2) is 5.43 Å². The summed E-state index contributed by atoms with van der Waals surface area (Å²) in [4.78, 5) is 8.32. The van der Waals surface area contributed by atoms with Crippen molar-refractivity contribution in [3.8, 4) is 11.5 Å². The highest BCUT2D eigenvalue weighted by atomic mass is 79.9. The summed E-state index contributed by atoms with van der Waals surface area (Å²) in [5, 5.41) is 0. The summed E-state index contributed by atoms with van der Waals surface area (Å²) in [5.74, 6) is 6.98. The zero-order chi connectivity index (χ0) is 14.5. The van der Waals surface area contributed by atoms with Gasteiger partial charge in [0, 0.05) is 18.0 Å². The van der Waals surface area contributed by atoms with Crippen molar-refractivity contribution in [3.05, 3.63) is 46.5 Å². The first-order valence-electron chi connectivity index (χ1n) is 5.85. The van der Waals surface area contributed by atoms with Gasteiger partial charge in [-0.1, -0.05) is 0 Å². The molecule has 0 saturated carbocycles. The standard InChI is InChI=1S/C13H15BrN4O2/c1-19-10-4-3-8(13(20-2)11(10)14)12(18-15)9-7-16-5-6-17-9/h3-7,12,18H,15H2,1-2H3. The number of benzene rings is 1. The van der Waals surface area contributed by atoms with Gasteiger partial charge in [-0.05, 0) is 28.1 Å². The minimum Gasteiger partial charge on any atom is -0.495 e. The van der Waals surface area contributed by atoms with Crippen LogP contribution in [0.1, 0.15) is 17.3 Å². The third kappa shape index (κ3) is 2.74. The van der Waals surface area contributed by atoms with E-state index in [1.165, 1.54) is 0 Å². The summed E-state index contributed by atoms with van der Waals surface area (Å²) < 4.78 is 11.4. The largest absolute Gasteiger partial charge is 0.495 e. The average Bonchev–Trinajstić information content (AvgIpc) is 2.49. The van der Waals surface area contributed by atoms with Gasteiger partial charge in [0.05, 0.1) is 32.2 Å². The van der Waals surface area contributed by atoms with Gasteiger partial charge < -0.3 is 9.47 Å². The number of rotatable bonds is 5. The van der Waals surface area contributed by atoms with Gasteiger partial charge in [0.2, 0.25) is 0 Å². The molecule has 3 N–H and O–H groups in total. The van der Waals surface area contributed by atoms with Crippen LogP contribution in [0.15, 0.2) is 35.2 Å². The predicted molar refractivity (Wildman–Crippen MR) is 78.4 cm³/mol. The topological polar surface area (TPSA) is 82.3 Å². The van der Waals surface area contributed by atoms with E-state index in [1.54, 1.807) is 32.8 Å². The fourth-order valence-corrected chi connectivity index (χ4v) is 2.62. The summed E-state index contributed by atoms with van der Waals surface area (Å²) in [6, 6.07) is 3.38. The molecule has 1 unspecified atom stereocenters. The number of halogens is 1. The Balaban J connectivity index is 2.53. The number of hydrazine groups is 1. The molecule has 0 bridgehead atoms. The molecule has 0 saturated heterocycles. The van der Waals surface area contributed by atoms with Gasteiger partial charge in [-0.2, -0.15) is 0 Å². The highest BCUT2D eigenvalue weighted by Gasteiger charge is 2.22. The van der Waals surface area contributed by atoms with E-state index in [2.05, 4.69) is 31.3 Å². The van der Waals surface area contributed by atoms with E-state index < -0.39 is 0 Å². The van der Waals surface area contributed by atoms with Gasteiger partial charge in [0.25, 0.3) is 0 Å². The second-order valence-corrected chi connectivity index (χ2v) is 4.73. The number of hydrogen-bond acceptors (Lipinski definition) is 6. The number of nitrogens with one attached hydrogen (secondary N) is 1. The maximum Gasteiger partial charge on any atom is 0.142 e.